The third kappa shape index (κ3) is 3.83. The Labute approximate surface area is 130 Å². The first kappa shape index (κ1) is 15.0. The molecule has 1 aromatic rings. The standard InChI is InChI=1S/C15H24N4OS/c1-12(14-3-2-8-21-14)17-15(20)11-18-9-13(10-18)19-6-4-16-5-7-19/h2-3,8,12-13,16H,4-7,9-11H2,1H3,(H,17,20). The van der Waals surface area contributed by atoms with Crippen LogP contribution < -0.4 is 10.6 Å². The molecule has 0 spiro atoms. The van der Waals surface area contributed by atoms with Crippen molar-refractivity contribution in [2.24, 2.45) is 0 Å². The number of piperazine rings is 1. The van der Waals surface area contributed by atoms with Crippen molar-refractivity contribution in [3.63, 3.8) is 0 Å². The molecule has 0 aliphatic carbocycles. The minimum absolute atomic E-state index is 0.114. The van der Waals surface area contributed by atoms with E-state index in [4.69, 9.17) is 0 Å². The van der Waals surface area contributed by atoms with Gasteiger partial charge >= 0.3 is 0 Å². The molecule has 2 aliphatic heterocycles. The Hall–Kier alpha value is -0.950. The van der Waals surface area contributed by atoms with Crippen LogP contribution in [0.15, 0.2) is 17.5 Å². The summed E-state index contributed by atoms with van der Waals surface area (Å²) in [4.78, 5) is 18.1. The molecule has 0 aromatic carbocycles. The molecule has 116 valence electrons. The Morgan fingerprint density at radius 2 is 2.24 bits per heavy atom. The summed E-state index contributed by atoms with van der Waals surface area (Å²) in [7, 11) is 0. The fourth-order valence-electron chi connectivity index (χ4n) is 3.05. The molecule has 2 N–H and O–H groups in total. The summed E-state index contributed by atoms with van der Waals surface area (Å²) in [6.45, 7) is 9.09. The van der Waals surface area contributed by atoms with E-state index in [1.165, 1.54) is 4.88 Å². The van der Waals surface area contributed by atoms with E-state index in [0.29, 0.717) is 12.6 Å². The molecule has 6 heteroatoms. The van der Waals surface area contributed by atoms with Crippen molar-refractivity contribution in [3.8, 4) is 0 Å². The van der Waals surface area contributed by atoms with Crippen molar-refractivity contribution in [1.29, 1.82) is 0 Å². The van der Waals surface area contributed by atoms with E-state index >= 15 is 0 Å². The lowest BCUT2D eigenvalue weighted by molar-refractivity contribution is -0.124. The summed E-state index contributed by atoms with van der Waals surface area (Å²) in [6.07, 6.45) is 0. The summed E-state index contributed by atoms with van der Waals surface area (Å²) < 4.78 is 0. The van der Waals surface area contributed by atoms with Crippen molar-refractivity contribution in [3.05, 3.63) is 22.4 Å². The fraction of sp³-hybridized carbons (Fsp3) is 0.667. The molecule has 2 saturated heterocycles. The summed E-state index contributed by atoms with van der Waals surface area (Å²) in [5.74, 6) is 0.134. The van der Waals surface area contributed by atoms with Crippen LogP contribution in [0, 0.1) is 0 Å². The topological polar surface area (TPSA) is 47.6 Å². The molecule has 2 aliphatic rings. The van der Waals surface area contributed by atoms with Crippen molar-refractivity contribution in [2.45, 2.75) is 19.0 Å². The van der Waals surface area contributed by atoms with Crippen LogP contribution in [-0.2, 0) is 4.79 Å². The highest BCUT2D eigenvalue weighted by Gasteiger charge is 2.33. The molecule has 3 rings (SSSR count). The molecule has 1 unspecified atom stereocenters. The third-order valence-corrected chi connectivity index (χ3v) is 5.38. The van der Waals surface area contributed by atoms with Crippen LogP contribution in [0.25, 0.3) is 0 Å². The van der Waals surface area contributed by atoms with Crippen LogP contribution in [0.2, 0.25) is 0 Å². The second kappa shape index (κ2) is 6.87. The summed E-state index contributed by atoms with van der Waals surface area (Å²) in [6, 6.07) is 4.85. The number of rotatable bonds is 5. The number of carbonyl (C=O) groups is 1. The van der Waals surface area contributed by atoms with E-state index in [1.54, 1.807) is 11.3 Å². The monoisotopic (exact) mass is 308 g/mol. The molecule has 2 fully saturated rings. The van der Waals surface area contributed by atoms with Crippen LogP contribution in [0.4, 0.5) is 0 Å². The van der Waals surface area contributed by atoms with Gasteiger partial charge in [0.05, 0.1) is 12.6 Å². The first-order valence-electron chi connectivity index (χ1n) is 7.72. The van der Waals surface area contributed by atoms with Gasteiger partial charge < -0.3 is 10.6 Å². The second-order valence-electron chi connectivity index (χ2n) is 5.94. The number of likely N-dealkylation sites (tertiary alicyclic amines) is 1. The Morgan fingerprint density at radius 1 is 1.48 bits per heavy atom. The minimum atomic E-state index is 0.114. The number of amides is 1. The van der Waals surface area contributed by atoms with Gasteiger partial charge in [0.15, 0.2) is 0 Å². The quantitative estimate of drug-likeness (QED) is 0.832. The van der Waals surface area contributed by atoms with Gasteiger partial charge in [-0.1, -0.05) is 6.07 Å². The van der Waals surface area contributed by atoms with Gasteiger partial charge in [-0.15, -0.1) is 11.3 Å². The largest absolute Gasteiger partial charge is 0.348 e. The lowest BCUT2D eigenvalue weighted by Gasteiger charge is -2.46. The summed E-state index contributed by atoms with van der Waals surface area (Å²) in [5, 5.41) is 8.51. The normalized spacial score (nSPS) is 22.7. The number of nitrogens with one attached hydrogen (secondary N) is 2. The molecule has 1 amide bonds. The number of carbonyl (C=O) groups excluding carboxylic acids is 1. The molecule has 5 nitrogen and oxygen atoms in total. The van der Waals surface area contributed by atoms with E-state index < -0.39 is 0 Å². The van der Waals surface area contributed by atoms with Gasteiger partial charge in [0.25, 0.3) is 0 Å². The van der Waals surface area contributed by atoms with Crippen LogP contribution in [0.1, 0.15) is 17.8 Å². The van der Waals surface area contributed by atoms with Gasteiger partial charge in [-0.2, -0.15) is 0 Å². The van der Waals surface area contributed by atoms with Gasteiger partial charge in [0.1, 0.15) is 0 Å². The highest BCUT2D eigenvalue weighted by Crippen LogP contribution is 2.19. The van der Waals surface area contributed by atoms with Crippen LogP contribution in [-0.4, -0.2) is 67.6 Å². The molecule has 0 radical (unpaired) electrons. The molecule has 0 saturated carbocycles. The Balaban J connectivity index is 1.37. The van der Waals surface area contributed by atoms with Crippen LogP contribution in [0.5, 0.6) is 0 Å². The molecule has 3 heterocycles. The van der Waals surface area contributed by atoms with Gasteiger partial charge in [-0.05, 0) is 18.4 Å². The van der Waals surface area contributed by atoms with Crippen molar-refractivity contribution >= 4 is 17.2 Å². The molecular weight excluding hydrogens is 284 g/mol. The zero-order valence-corrected chi connectivity index (χ0v) is 13.4. The smallest absolute Gasteiger partial charge is 0.234 e. The molecular formula is C15H24N4OS. The summed E-state index contributed by atoms with van der Waals surface area (Å²) in [5.41, 5.74) is 0. The molecule has 0 bridgehead atoms. The van der Waals surface area contributed by atoms with Gasteiger partial charge in [-0.25, -0.2) is 0 Å². The lowest BCUT2D eigenvalue weighted by Crippen LogP contribution is -2.63. The van der Waals surface area contributed by atoms with Crippen LogP contribution in [0.3, 0.4) is 0 Å². The zero-order valence-electron chi connectivity index (χ0n) is 12.5. The predicted molar refractivity (Wildman–Crippen MR) is 85.5 cm³/mol. The predicted octanol–water partition coefficient (Wildman–Crippen LogP) is 0.515. The first-order valence-corrected chi connectivity index (χ1v) is 8.60. The van der Waals surface area contributed by atoms with E-state index in [-0.39, 0.29) is 11.9 Å². The average Bonchev–Trinajstić information content (AvgIpc) is 2.97. The van der Waals surface area contributed by atoms with Crippen molar-refractivity contribution in [2.75, 3.05) is 45.8 Å². The summed E-state index contributed by atoms with van der Waals surface area (Å²) >= 11 is 1.69. The molecule has 1 atom stereocenters. The highest BCUT2D eigenvalue weighted by molar-refractivity contribution is 7.10. The Morgan fingerprint density at radius 3 is 2.90 bits per heavy atom. The maximum Gasteiger partial charge on any atom is 0.234 e. The van der Waals surface area contributed by atoms with Crippen molar-refractivity contribution < 1.29 is 4.79 Å². The Kier molecular flexibility index (Phi) is 4.90. The molecule has 1 aromatic heterocycles. The Bertz CT molecular complexity index is 452. The lowest BCUT2D eigenvalue weighted by atomic mass is 10.1. The van der Waals surface area contributed by atoms with E-state index in [2.05, 4.69) is 26.5 Å². The number of thiophene rings is 1. The number of hydrogen-bond acceptors (Lipinski definition) is 5. The minimum Gasteiger partial charge on any atom is -0.348 e. The van der Waals surface area contributed by atoms with E-state index in [9.17, 15) is 4.79 Å². The highest BCUT2D eigenvalue weighted by atomic mass is 32.1. The van der Waals surface area contributed by atoms with E-state index in [0.717, 1.165) is 39.3 Å². The van der Waals surface area contributed by atoms with Crippen LogP contribution >= 0.6 is 11.3 Å². The molecule has 21 heavy (non-hydrogen) atoms. The van der Waals surface area contributed by atoms with Crippen molar-refractivity contribution in [1.82, 2.24) is 20.4 Å². The maximum absolute atomic E-state index is 12.1. The number of nitrogens with zero attached hydrogens (tertiary/aromatic N) is 2. The fourth-order valence-corrected chi connectivity index (χ4v) is 3.78. The third-order valence-electron chi connectivity index (χ3n) is 4.32. The number of hydrogen-bond donors (Lipinski definition) is 2. The SMILES string of the molecule is CC(NC(=O)CN1CC(N2CCNCC2)C1)c1cccs1. The average molecular weight is 308 g/mol. The van der Waals surface area contributed by atoms with Gasteiger partial charge in [-0.3, -0.25) is 14.6 Å². The van der Waals surface area contributed by atoms with Gasteiger partial charge in [0.2, 0.25) is 5.91 Å². The van der Waals surface area contributed by atoms with E-state index in [1.807, 2.05) is 18.4 Å². The second-order valence-corrected chi connectivity index (χ2v) is 6.92. The maximum atomic E-state index is 12.1. The first-order chi connectivity index (χ1) is 10.2. The van der Waals surface area contributed by atoms with Gasteiger partial charge in [0, 0.05) is 50.2 Å². The zero-order chi connectivity index (χ0) is 14.7.